The van der Waals surface area contributed by atoms with E-state index in [-0.39, 0.29) is 6.61 Å². The number of carboxylic acid groups (broad SMARTS) is 1. The summed E-state index contributed by atoms with van der Waals surface area (Å²) in [6, 6.07) is 3.77. The maximum atomic E-state index is 11.6. The number of hydrogen-bond donors (Lipinski definition) is 2. The van der Waals surface area contributed by atoms with Crippen LogP contribution in [-0.2, 0) is 13.0 Å². The first-order valence-corrected chi connectivity index (χ1v) is 7.47. The maximum absolute atomic E-state index is 11.6. The third kappa shape index (κ3) is 2.81. The van der Waals surface area contributed by atoms with Gasteiger partial charge in [0.15, 0.2) is 0 Å². The number of unbranched alkanes of at least 4 members (excludes halogenated alkanes) is 1. The number of carbonyl (C=O) groups is 1. The van der Waals surface area contributed by atoms with Crippen molar-refractivity contribution in [1.82, 2.24) is 4.57 Å². The summed E-state index contributed by atoms with van der Waals surface area (Å²) in [5.41, 5.74) is 4.31. The molecule has 0 saturated carbocycles. The summed E-state index contributed by atoms with van der Waals surface area (Å²) in [4.78, 5) is 11.6. The SMILES string of the molecule is CCCCc1c(C)n(CCO)c2c(C(=O)O)cc(C)cc12. The van der Waals surface area contributed by atoms with E-state index in [1.807, 2.05) is 18.4 Å². The van der Waals surface area contributed by atoms with Crippen molar-refractivity contribution in [2.75, 3.05) is 6.61 Å². The predicted molar refractivity (Wildman–Crippen MR) is 84.1 cm³/mol. The third-order valence-corrected chi connectivity index (χ3v) is 4.03. The van der Waals surface area contributed by atoms with Crippen LogP contribution in [0.15, 0.2) is 12.1 Å². The Morgan fingerprint density at radius 1 is 1.29 bits per heavy atom. The summed E-state index contributed by atoms with van der Waals surface area (Å²) in [5, 5.41) is 19.8. The lowest BCUT2D eigenvalue weighted by atomic mass is 10.0. The Balaban J connectivity index is 2.79. The van der Waals surface area contributed by atoms with Crippen molar-refractivity contribution in [3.05, 3.63) is 34.5 Å². The number of aryl methyl sites for hydroxylation is 2. The molecule has 0 unspecified atom stereocenters. The van der Waals surface area contributed by atoms with Gasteiger partial charge in [-0.3, -0.25) is 0 Å². The molecule has 4 nitrogen and oxygen atoms in total. The molecule has 0 aliphatic rings. The first kappa shape index (κ1) is 15.6. The van der Waals surface area contributed by atoms with Crippen LogP contribution in [0.2, 0.25) is 0 Å². The molecule has 2 N–H and O–H groups in total. The van der Waals surface area contributed by atoms with E-state index in [0.717, 1.165) is 41.4 Å². The molecule has 0 aliphatic heterocycles. The molecule has 0 atom stereocenters. The minimum Gasteiger partial charge on any atom is -0.478 e. The van der Waals surface area contributed by atoms with Gasteiger partial charge in [-0.2, -0.15) is 0 Å². The average Bonchev–Trinajstić information content (AvgIpc) is 2.69. The molecule has 0 amide bonds. The fraction of sp³-hybridized carbons (Fsp3) is 0.471. The number of aliphatic hydroxyl groups excluding tert-OH is 1. The highest BCUT2D eigenvalue weighted by Crippen LogP contribution is 2.31. The van der Waals surface area contributed by atoms with E-state index in [1.165, 1.54) is 5.56 Å². The molecule has 1 aromatic carbocycles. The van der Waals surface area contributed by atoms with Gasteiger partial charge < -0.3 is 14.8 Å². The molecule has 21 heavy (non-hydrogen) atoms. The minimum atomic E-state index is -0.914. The Hall–Kier alpha value is -1.81. The van der Waals surface area contributed by atoms with Crippen molar-refractivity contribution >= 4 is 16.9 Å². The van der Waals surface area contributed by atoms with Crippen molar-refractivity contribution in [3.8, 4) is 0 Å². The zero-order chi connectivity index (χ0) is 15.6. The average molecular weight is 289 g/mol. The van der Waals surface area contributed by atoms with E-state index < -0.39 is 5.97 Å². The summed E-state index contributed by atoms with van der Waals surface area (Å²) >= 11 is 0. The van der Waals surface area contributed by atoms with E-state index in [0.29, 0.717) is 12.1 Å². The molecule has 2 rings (SSSR count). The molecule has 1 aromatic heterocycles. The lowest BCUT2D eigenvalue weighted by Crippen LogP contribution is -2.08. The van der Waals surface area contributed by atoms with Gasteiger partial charge in [-0.1, -0.05) is 13.3 Å². The minimum absolute atomic E-state index is 0.00474. The second-order valence-corrected chi connectivity index (χ2v) is 5.56. The van der Waals surface area contributed by atoms with Gasteiger partial charge >= 0.3 is 5.97 Å². The second kappa shape index (κ2) is 6.31. The highest BCUT2D eigenvalue weighted by Gasteiger charge is 2.20. The van der Waals surface area contributed by atoms with Gasteiger partial charge in [0.2, 0.25) is 0 Å². The summed E-state index contributed by atoms with van der Waals surface area (Å²) in [6.07, 6.45) is 3.12. The topological polar surface area (TPSA) is 62.5 Å². The van der Waals surface area contributed by atoms with Crippen LogP contribution in [0.4, 0.5) is 0 Å². The zero-order valence-corrected chi connectivity index (χ0v) is 12.9. The fourth-order valence-electron chi connectivity index (χ4n) is 3.04. The molecule has 0 aliphatic carbocycles. The van der Waals surface area contributed by atoms with E-state index in [4.69, 9.17) is 0 Å². The van der Waals surface area contributed by atoms with Gasteiger partial charge in [0, 0.05) is 17.6 Å². The smallest absolute Gasteiger partial charge is 0.337 e. The summed E-state index contributed by atoms with van der Waals surface area (Å²) in [7, 11) is 0. The second-order valence-electron chi connectivity index (χ2n) is 5.56. The molecule has 1 heterocycles. The van der Waals surface area contributed by atoms with Gasteiger partial charge in [-0.25, -0.2) is 4.79 Å². The van der Waals surface area contributed by atoms with Crippen LogP contribution >= 0.6 is 0 Å². The van der Waals surface area contributed by atoms with Crippen LogP contribution in [0.1, 0.15) is 46.9 Å². The third-order valence-electron chi connectivity index (χ3n) is 4.03. The van der Waals surface area contributed by atoms with Gasteiger partial charge in [-0.05, 0) is 49.9 Å². The summed E-state index contributed by atoms with van der Waals surface area (Å²) in [6.45, 7) is 6.52. The number of aliphatic hydroxyl groups is 1. The number of carboxylic acids is 1. The monoisotopic (exact) mass is 289 g/mol. The number of benzene rings is 1. The van der Waals surface area contributed by atoms with Crippen molar-refractivity contribution < 1.29 is 15.0 Å². The lowest BCUT2D eigenvalue weighted by molar-refractivity contribution is 0.0698. The number of aromatic carboxylic acids is 1. The van der Waals surface area contributed by atoms with Crippen molar-refractivity contribution in [3.63, 3.8) is 0 Å². The van der Waals surface area contributed by atoms with Gasteiger partial charge in [-0.15, -0.1) is 0 Å². The van der Waals surface area contributed by atoms with Crippen LogP contribution in [0.5, 0.6) is 0 Å². The standard InChI is InChI=1S/C17H23NO3/c1-4-5-6-13-12(3)18(7-8-19)16-14(13)9-11(2)10-15(16)17(20)21/h9-10,19H,4-8H2,1-3H3,(H,20,21). The van der Waals surface area contributed by atoms with Gasteiger partial charge in [0.25, 0.3) is 0 Å². The van der Waals surface area contributed by atoms with Crippen molar-refractivity contribution in [1.29, 1.82) is 0 Å². The van der Waals surface area contributed by atoms with Gasteiger partial charge in [0.05, 0.1) is 17.7 Å². The Kier molecular flexibility index (Phi) is 4.68. The van der Waals surface area contributed by atoms with Gasteiger partial charge in [0.1, 0.15) is 0 Å². The van der Waals surface area contributed by atoms with Crippen molar-refractivity contribution in [2.24, 2.45) is 0 Å². The number of hydrogen-bond acceptors (Lipinski definition) is 2. The Morgan fingerprint density at radius 2 is 2.00 bits per heavy atom. The van der Waals surface area contributed by atoms with Crippen LogP contribution in [-0.4, -0.2) is 27.4 Å². The Bertz CT molecular complexity index is 670. The highest BCUT2D eigenvalue weighted by atomic mass is 16.4. The number of rotatable bonds is 6. The normalized spacial score (nSPS) is 11.2. The predicted octanol–water partition coefficient (Wildman–Crippen LogP) is 3.29. The highest BCUT2D eigenvalue weighted by molar-refractivity contribution is 6.04. The molecular weight excluding hydrogens is 266 g/mol. The molecule has 2 aromatic rings. The van der Waals surface area contributed by atoms with E-state index in [9.17, 15) is 15.0 Å². The molecule has 0 radical (unpaired) electrons. The molecule has 0 saturated heterocycles. The van der Waals surface area contributed by atoms with Crippen LogP contribution in [0.3, 0.4) is 0 Å². The largest absolute Gasteiger partial charge is 0.478 e. The molecule has 0 spiro atoms. The van der Waals surface area contributed by atoms with Crippen LogP contribution < -0.4 is 0 Å². The first-order chi connectivity index (χ1) is 10.0. The first-order valence-electron chi connectivity index (χ1n) is 7.47. The Labute approximate surface area is 125 Å². The molecule has 114 valence electrons. The zero-order valence-electron chi connectivity index (χ0n) is 12.9. The van der Waals surface area contributed by atoms with E-state index in [1.54, 1.807) is 6.07 Å². The fourth-order valence-corrected chi connectivity index (χ4v) is 3.04. The quantitative estimate of drug-likeness (QED) is 0.857. The Morgan fingerprint density at radius 3 is 2.57 bits per heavy atom. The number of nitrogens with zero attached hydrogens (tertiary/aromatic N) is 1. The molecule has 4 heteroatoms. The van der Waals surface area contributed by atoms with Crippen LogP contribution in [0.25, 0.3) is 10.9 Å². The number of fused-ring (bicyclic) bond motifs is 1. The van der Waals surface area contributed by atoms with E-state index >= 15 is 0 Å². The van der Waals surface area contributed by atoms with Crippen molar-refractivity contribution in [2.45, 2.75) is 46.6 Å². The number of aromatic nitrogens is 1. The molecular formula is C17H23NO3. The molecule has 0 bridgehead atoms. The van der Waals surface area contributed by atoms with Crippen LogP contribution in [0, 0.1) is 13.8 Å². The lowest BCUT2D eigenvalue weighted by Gasteiger charge is -2.08. The summed E-state index contributed by atoms with van der Waals surface area (Å²) < 4.78 is 1.95. The molecule has 0 fully saturated rings. The summed E-state index contributed by atoms with van der Waals surface area (Å²) in [5.74, 6) is -0.914. The van der Waals surface area contributed by atoms with E-state index in [2.05, 4.69) is 13.0 Å². The maximum Gasteiger partial charge on any atom is 0.337 e.